The lowest BCUT2D eigenvalue weighted by Gasteiger charge is -2.29. The van der Waals surface area contributed by atoms with Gasteiger partial charge in [-0.1, -0.05) is 17.7 Å². The van der Waals surface area contributed by atoms with Gasteiger partial charge in [-0.05, 0) is 47.9 Å². The number of nitrogens with zero attached hydrogens (tertiary/aromatic N) is 3. The highest BCUT2D eigenvalue weighted by Gasteiger charge is 2.27. The molecule has 0 bridgehead atoms. The van der Waals surface area contributed by atoms with Crippen molar-refractivity contribution in [2.75, 3.05) is 13.1 Å². The molecule has 0 spiro atoms. The van der Waals surface area contributed by atoms with Crippen molar-refractivity contribution >= 4 is 40.1 Å². The monoisotopic (exact) mass is 375 g/mol. The Labute approximate surface area is 154 Å². The van der Waals surface area contributed by atoms with Gasteiger partial charge < -0.3 is 14.6 Å². The number of alkyl halides is 1. The molecule has 1 aliphatic rings. The van der Waals surface area contributed by atoms with E-state index in [1.807, 2.05) is 28.1 Å². The second-order valence-electron chi connectivity index (χ2n) is 6.26. The Kier molecular flexibility index (Phi) is 4.39. The minimum absolute atomic E-state index is 0.287. The lowest BCUT2D eigenvalue weighted by molar-refractivity contribution is 0.132. The molecule has 1 unspecified atom stereocenters. The standard InChI is InChI=1S/C18H18ClN3O2S/c19-16(15-4-2-10-25-15)22-11-14(13-3-1-7-20-17(13)22)12-5-8-21(9-6-12)18(23)24/h1-4,7,10-12,16H,5-6,8-9H2,(H,23,24). The molecule has 0 aromatic carbocycles. The maximum absolute atomic E-state index is 11.1. The van der Waals surface area contributed by atoms with Crippen molar-refractivity contribution in [3.05, 3.63) is 52.5 Å². The van der Waals surface area contributed by atoms with Crippen LogP contribution in [0.15, 0.2) is 42.0 Å². The summed E-state index contributed by atoms with van der Waals surface area (Å²) in [4.78, 5) is 18.2. The highest BCUT2D eigenvalue weighted by Crippen LogP contribution is 2.37. The minimum atomic E-state index is -0.832. The minimum Gasteiger partial charge on any atom is -0.465 e. The Hall–Kier alpha value is -2.05. The molecule has 0 aliphatic carbocycles. The second kappa shape index (κ2) is 6.69. The van der Waals surface area contributed by atoms with Crippen LogP contribution in [0.4, 0.5) is 4.79 Å². The highest BCUT2D eigenvalue weighted by molar-refractivity contribution is 7.10. The first kappa shape index (κ1) is 16.4. The first-order valence-electron chi connectivity index (χ1n) is 8.26. The number of hydrogen-bond acceptors (Lipinski definition) is 3. The molecule has 4 heterocycles. The molecule has 3 aromatic heterocycles. The van der Waals surface area contributed by atoms with Gasteiger partial charge in [0.05, 0.1) is 0 Å². The van der Waals surface area contributed by atoms with Crippen molar-refractivity contribution in [1.82, 2.24) is 14.5 Å². The summed E-state index contributed by atoms with van der Waals surface area (Å²) in [5, 5.41) is 12.3. The number of piperidine rings is 1. The second-order valence-corrected chi connectivity index (χ2v) is 7.65. The molecule has 1 amide bonds. The van der Waals surface area contributed by atoms with E-state index >= 15 is 0 Å². The van der Waals surface area contributed by atoms with Crippen LogP contribution in [0.1, 0.15) is 34.7 Å². The average Bonchev–Trinajstić information content (AvgIpc) is 3.29. The number of hydrogen-bond donors (Lipinski definition) is 1. The van der Waals surface area contributed by atoms with E-state index in [9.17, 15) is 4.79 Å². The third-order valence-electron chi connectivity index (χ3n) is 4.85. The molecule has 4 rings (SSSR count). The Morgan fingerprint density at radius 3 is 2.80 bits per heavy atom. The average molecular weight is 376 g/mol. The van der Waals surface area contributed by atoms with Gasteiger partial charge >= 0.3 is 6.09 Å². The number of carboxylic acid groups (broad SMARTS) is 1. The van der Waals surface area contributed by atoms with Crippen molar-refractivity contribution < 1.29 is 9.90 Å². The summed E-state index contributed by atoms with van der Waals surface area (Å²) in [7, 11) is 0. The first-order chi connectivity index (χ1) is 12.1. The van der Waals surface area contributed by atoms with Gasteiger partial charge in [0.1, 0.15) is 11.1 Å². The first-order valence-corrected chi connectivity index (χ1v) is 9.57. The molecule has 0 radical (unpaired) electrons. The van der Waals surface area contributed by atoms with Crippen molar-refractivity contribution in [1.29, 1.82) is 0 Å². The van der Waals surface area contributed by atoms with Crippen LogP contribution < -0.4 is 0 Å². The van der Waals surface area contributed by atoms with Crippen LogP contribution in [0, 0.1) is 0 Å². The van der Waals surface area contributed by atoms with Crippen LogP contribution in [-0.2, 0) is 0 Å². The smallest absolute Gasteiger partial charge is 0.407 e. The zero-order chi connectivity index (χ0) is 17.4. The third-order valence-corrected chi connectivity index (χ3v) is 6.35. The lowest BCUT2D eigenvalue weighted by atomic mass is 9.90. The Morgan fingerprint density at radius 2 is 2.12 bits per heavy atom. The van der Waals surface area contributed by atoms with E-state index in [0.29, 0.717) is 19.0 Å². The number of carbonyl (C=O) groups is 1. The number of thiophene rings is 1. The summed E-state index contributed by atoms with van der Waals surface area (Å²) in [5.41, 5.74) is 1.81. The fraction of sp³-hybridized carbons (Fsp3) is 0.333. The van der Waals surface area contributed by atoms with Crippen LogP contribution in [0.2, 0.25) is 0 Å². The number of pyridine rings is 1. The lowest BCUT2D eigenvalue weighted by Crippen LogP contribution is -2.36. The number of likely N-dealkylation sites (tertiary alicyclic amines) is 1. The molecule has 3 aromatic rings. The molecule has 130 valence electrons. The summed E-state index contributed by atoms with van der Waals surface area (Å²) >= 11 is 8.35. The molecular formula is C18H18ClN3O2S. The van der Waals surface area contributed by atoms with E-state index in [2.05, 4.69) is 17.2 Å². The van der Waals surface area contributed by atoms with Crippen LogP contribution >= 0.6 is 22.9 Å². The largest absolute Gasteiger partial charge is 0.465 e. The Bertz CT molecular complexity index is 885. The van der Waals surface area contributed by atoms with Gasteiger partial charge in [0.2, 0.25) is 0 Å². The van der Waals surface area contributed by atoms with Gasteiger partial charge in [-0.15, -0.1) is 11.3 Å². The Balaban J connectivity index is 1.70. The van der Waals surface area contributed by atoms with Crippen molar-refractivity contribution in [3.63, 3.8) is 0 Å². The molecular weight excluding hydrogens is 358 g/mol. The fourth-order valence-electron chi connectivity index (χ4n) is 3.55. The highest BCUT2D eigenvalue weighted by atomic mass is 35.5. The molecule has 1 atom stereocenters. The number of fused-ring (bicyclic) bond motifs is 1. The molecule has 5 nitrogen and oxygen atoms in total. The van der Waals surface area contributed by atoms with E-state index in [1.165, 1.54) is 10.5 Å². The number of rotatable bonds is 3. The topological polar surface area (TPSA) is 58.4 Å². The summed E-state index contributed by atoms with van der Waals surface area (Å²) in [6, 6.07) is 8.05. The predicted molar refractivity (Wildman–Crippen MR) is 99.6 cm³/mol. The van der Waals surface area contributed by atoms with Crippen LogP contribution in [-0.4, -0.2) is 38.7 Å². The molecule has 7 heteroatoms. The van der Waals surface area contributed by atoms with Crippen LogP contribution in [0.3, 0.4) is 0 Å². The summed E-state index contributed by atoms with van der Waals surface area (Å²) < 4.78 is 2.03. The molecule has 0 saturated carbocycles. The van der Waals surface area contributed by atoms with Gasteiger partial charge in [0, 0.05) is 35.7 Å². The van der Waals surface area contributed by atoms with Gasteiger partial charge in [-0.2, -0.15) is 0 Å². The van der Waals surface area contributed by atoms with E-state index in [0.717, 1.165) is 28.8 Å². The van der Waals surface area contributed by atoms with Gasteiger partial charge in [0.15, 0.2) is 0 Å². The Morgan fingerprint density at radius 1 is 1.32 bits per heavy atom. The van der Waals surface area contributed by atoms with Crippen LogP contribution in [0.25, 0.3) is 11.0 Å². The van der Waals surface area contributed by atoms with E-state index in [1.54, 1.807) is 17.5 Å². The molecule has 1 aliphatic heterocycles. The molecule has 1 fully saturated rings. The van der Waals surface area contributed by atoms with Gasteiger partial charge in [-0.3, -0.25) is 0 Å². The SMILES string of the molecule is O=C(O)N1CCC(c2cn(C(Cl)c3cccs3)c3ncccc23)CC1. The maximum Gasteiger partial charge on any atom is 0.407 e. The zero-order valence-corrected chi connectivity index (χ0v) is 15.1. The number of amides is 1. The number of aromatic nitrogens is 2. The molecule has 1 N–H and O–H groups in total. The number of halogens is 1. The molecule has 1 saturated heterocycles. The summed E-state index contributed by atoms with van der Waals surface area (Å²) in [6.07, 6.45) is 4.71. The van der Waals surface area contributed by atoms with E-state index < -0.39 is 6.09 Å². The third kappa shape index (κ3) is 3.00. The predicted octanol–water partition coefficient (Wildman–Crippen LogP) is 4.74. The van der Waals surface area contributed by atoms with Gasteiger partial charge in [-0.25, -0.2) is 9.78 Å². The maximum atomic E-state index is 11.1. The van der Waals surface area contributed by atoms with E-state index in [4.69, 9.17) is 16.7 Å². The van der Waals surface area contributed by atoms with Gasteiger partial charge in [0.25, 0.3) is 0 Å². The zero-order valence-electron chi connectivity index (χ0n) is 13.5. The van der Waals surface area contributed by atoms with Crippen molar-refractivity contribution in [2.24, 2.45) is 0 Å². The van der Waals surface area contributed by atoms with Crippen LogP contribution in [0.5, 0.6) is 0 Å². The normalized spacial score (nSPS) is 17.1. The van der Waals surface area contributed by atoms with Crippen molar-refractivity contribution in [3.8, 4) is 0 Å². The quantitative estimate of drug-likeness (QED) is 0.672. The van der Waals surface area contributed by atoms with E-state index in [-0.39, 0.29) is 5.50 Å². The summed E-state index contributed by atoms with van der Waals surface area (Å²) in [5.74, 6) is 0.329. The van der Waals surface area contributed by atoms with Crippen molar-refractivity contribution in [2.45, 2.75) is 24.3 Å². The summed E-state index contributed by atoms with van der Waals surface area (Å²) in [6.45, 7) is 1.14. The fourth-order valence-corrected chi connectivity index (χ4v) is 4.63. The molecule has 25 heavy (non-hydrogen) atoms.